The van der Waals surface area contributed by atoms with E-state index in [4.69, 9.17) is 10.8 Å². The number of aliphatic hydroxyl groups excluding tert-OH is 1. The van der Waals surface area contributed by atoms with Gasteiger partial charge in [0, 0.05) is 0 Å². The summed E-state index contributed by atoms with van der Waals surface area (Å²) in [5, 5.41) is 11.4. The lowest BCUT2D eigenvalue weighted by atomic mass is 10.0. The molecule has 0 heterocycles. The summed E-state index contributed by atoms with van der Waals surface area (Å²) in [5.41, 5.74) is 7.99. The Morgan fingerprint density at radius 3 is 2.60 bits per heavy atom. The highest BCUT2D eigenvalue weighted by Gasteiger charge is 2.04. The molecule has 2 heteroatoms. The Balaban J connectivity index is 2.54. The van der Waals surface area contributed by atoms with Gasteiger partial charge in [0.05, 0.1) is 12.6 Å². The quantitative estimate of drug-likeness (QED) is 0.782. The van der Waals surface area contributed by atoms with Gasteiger partial charge in [0.1, 0.15) is 0 Å². The molecule has 0 aromatic heterocycles. The normalized spacial score (nSPS) is 13.0. The van der Waals surface area contributed by atoms with E-state index in [-0.39, 0.29) is 12.6 Å². The van der Waals surface area contributed by atoms with Crippen molar-refractivity contribution in [2.75, 3.05) is 6.61 Å². The molecule has 2 aromatic rings. The Morgan fingerprint density at radius 1 is 1.13 bits per heavy atom. The third kappa shape index (κ3) is 2.01. The fourth-order valence-corrected chi connectivity index (χ4v) is 1.72. The van der Waals surface area contributed by atoms with Crippen molar-refractivity contribution in [2.45, 2.75) is 13.0 Å². The maximum absolute atomic E-state index is 8.99. The predicted molar refractivity (Wildman–Crippen MR) is 62.7 cm³/mol. The van der Waals surface area contributed by atoms with Crippen LogP contribution in [0.4, 0.5) is 0 Å². The molecule has 0 unspecified atom stereocenters. The van der Waals surface area contributed by atoms with E-state index in [1.54, 1.807) is 0 Å². The fourth-order valence-electron chi connectivity index (χ4n) is 1.72. The molecule has 0 radical (unpaired) electrons. The highest BCUT2D eigenvalue weighted by Crippen LogP contribution is 2.20. The van der Waals surface area contributed by atoms with Gasteiger partial charge in [-0.15, -0.1) is 0 Å². The van der Waals surface area contributed by atoms with Gasteiger partial charge >= 0.3 is 0 Å². The number of aryl methyl sites for hydroxylation is 1. The predicted octanol–water partition coefficient (Wildman–Crippen LogP) is 2.14. The van der Waals surface area contributed by atoms with Crippen LogP contribution in [0.1, 0.15) is 17.2 Å². The largest absolute Gasteiger partial charge is 0.394 e. The summed E-state index contributed by atoms with van der Waals surface area (Å²) < 4.78 is 0. The lowest BCUT2D eigenvalue weighted by molar-refractivity contribution is 0.268. The summed E-state index contributed by atoms with van der Waals surface area (Å²) >= 11 is 0. The maximum atomic E-state index is 8.99. The summed E-state index contributed by atoms with van der Waals surface area (Å²) in [7, 11) is 0. The Hall–Kier alpha value is -1.38. The minimum Gasteiger partial charge on any atom is -0.394 e. The van der Waals surface area contributed by atoms with Crippen LogP contribution in [-0.2, 0) is 0 Å². The molecule has 2 nitrogen and oxygen atoms in total. The molecule has 0 amide bonds. The van der Waals surface area contributed by atoms with Crippen LogP contribution in [-0.4, -0.2) is 11.7 Å². The summed E-state index contributed by atoms with van der Waals surface area (Å²) in [4.78, 5) is 0. The highest BCUT2D eigenvalue weighted by atomic mass is 16.3. The number of benzene rings is 2. The maximum Gasteiger partial charge on any atom is 0.0624 e. The number of fused-ring (bicyclic) bond motifs is 1. The van der Waals surface area contributed by atoms with Crippen molar-refractivity contribution in [3.8, 4) is 0 Å². The first kappa shape index (κ1) is 10.1. The Morgan fingerprint density at radius 2 is 1.87 bits per heavy atom. The van der Waals surface area contributed by atoms with E-state index < -0.39 is 0 Å². The minimum atomic E-state index is -0.282. The monoisotopic (exact) mass is 201 g/mol. The molecule has 0 fully saturated rings. The smallest absolute Gasteiger partial charge is 0.0624 e. The number of aliphatic hydroxyl groups is 1. The molecule has 0 spiro atoms. The van der Waals surface area contributed by atoms with Crippen LogP contribution in [0.3, 0.4) is 0 Å². The number of nitrogens with two attached hydrogens (primary N) is 1. The number of hydrogen-bond donors (Lipinski definition) is 2. The van der Waals surface area contributed by atoms with Crippen LogP contribution in [0.25, 0.3) is 10.8 Å². The lowest BCUT2D eigenvalue weighted by Crippen LogP contribution is -2.14. The number of hydrogen-bond acceptors (Lipinski definition) is 2. The van der Waals surface area contributed by atoms with Gasteiger partial charge in [0.15, 0.2) is 0 Å². The summed E-state index contributed by atoms with van der Waals surface area (Å²) in [6.07, 6.45) is 0. The van der Waals surface area contributed by atoms with Gasteiger partial charge in [-0.25, -0.2) is 0 Å². The highest BCUT2D eigenvalue weighted by molar-refractivity contribution is 5.83. The molecule has 0 aliphatic heterocycles. The first-order valence-electron chi connectivity index (χ1n) is 5.07. The molecule has 15 heavy (non-hydrogen) atoms. The SMILES string of the molecule is Cc1ccc2ccc([C@H](N)CO)cc2c1. The molecular formula is C13H15NO. The first-order valence-corrected chi connectivity index (χ1v) is 5.07. The zero-order chi connectivity index (χ0) is 10.8. The molecule has 2 rings (SSSR count). The van der Waals surface area contributed by atoms with E-state index in [2.05, 4.69) is 25.1 Å². The second-order valence-electron chi connectivity index (χ2n) is 3.90. The Labute approximate surface area is 89.3 Å². The molecule has 0 saturated heterocycles. The topological polar surface area (TPSA) is 46.2 Å². The second-order valence-corrected chi connectivity index (χ2v) is 3.90. The third-order valence-electron chi connectivity index (χ3n) is 2.64. The average Bonchev–Trinajstić information content (AvgIpc) is 2.27. The minimum absolute atomic E-state index is 0.0165. The van der Waals surface area contributed by atoms with Crippen molar-refractivity contribution in [2.24, 2.45) is 5.73 Å². The van der Waals surface area contributed by atoms with E-state index in [0.29, 0.717) is 0 Å². The average molecular weight is 201 g/mol. The molecule has 1 atom stereocenters. The molecule has 3 N–H and O–H groups in total. The van der Waals surface area contributed by atoms with E-state index in [0.717, 1.165) is 5.56 Å². The van der Waals surface area contributed by atoms with Gasteiger partial charge in [-0.2, -0.15) is 0 Å². The van der Waals surface area contributed by atoms with E-state index in [1.807, 2.05) is 18.2 Å². The zero-order valence-electron chi connectivity index (χ0n) is 8.77. The molecule has 78 valence electrons. The molecule has 0 bridgehead atoms. The van der Waals surface area contributed by atoms with Crippen LogP contribution >= 0.6 is 0 Å². The van der Waals surface area contributed by atoms with Crippen molar-refractivity contribution in [3.63, 3.8) is 0 Å². The summed E-state index contributed by atoms with van der Waals surface area (Å²) in [6.45, 7) is 2.05. The second kappa shape index (κ2) is 4.01. The summed E-state index contributed by atoms with van der Waals surface area (Å²) in [6, 6.07) is 12.1. The van der Waals surface area contributed by atoms with Crippen molar-refractivity contribution >= 4 is 10.8 Å². The Bertz CT molecular complexity index is 479. The van der Waals surface area contributed by atoms with Gasteiger partial charge in [-0.3, -0.25) is 0 Å². The Kier molecular flexibility index (Phi) is 2.71. The standard InChI is InChI=1S/C13H15NO/c1-9-2-3-10-4-5-11(13(14)8-15)7-12(10)6-9/h2-7,13,15H,8,14H2,1H3/t13-/m1/s1. The van der Waals surface area contributed by atoms with E-state index >= 15 is 0 Å². The third-order valence-corrected chi connectivity index (χ3v) is 2.64. The molecule has 2 aromatic carbocycles. The fraction of sp³-hybridized carbons (Fsp3) is 0.231. The van der Waals surface area contributed by atoms with Crippen LogP contribution in [0, 0.1) is 6.92 Å². The van der Waals surface area contributed by atoms with Gasteiger partial charge in [-0.05, 0) is 29.3 Å². The number of rotatable bonds is 2. The van der Waals surface area contributed by atoms with Crippen LogP contribution in [0.2, 0.25) is 0 Å². The van der Waals surface area contributed by atoms with Crippen LogP contribution in [0.5, 0.6) is 0 Å². The van der Waals surface area contributed by atoms with Gasteiger partial charge in [-0.1, -0.05) is 35.9 Å². The van der Waals surface area contributed by atoms with Crippen LogP contribution in [0.15, 0.2) is 36.4 Å². The van der Waals surface area contributed by atoms with E-state index in [9.17, 15) is 0 Å². The van der Waals surface area contributed by atoms with Crippen molar-refractivity contribution in [1.29, 1.82) is 0 Å². The zero-order valence-corrected chi connectivity index (χ0v) is 8.77. The lowest BCUT2D eigenvalue weighted by Gasteiger charge is -2.09. The van der Waals surface area contributed by atoms with E-state index in [1.165, 1.54) is 16.3 Å². The first-order chi connectivity index (χ1) is 7.20. The van der Waals surface area contributed by atoms with Crippen molar-refractivity contribution in [3.05, 3.63) is 47.5 Å². The molecule has 0 aliphatic carbocycles. The van der Waals surface area contributed by atoms with Gasteiger partial charge in [0.2, 0.25) is 0 Å². The molecule has 0 saturated carbocycles. The van der Waals surface area contributed by atoms with Gasteiger partial charge < -0.3 is 10.8 Å². The summed E-state index contributed by atoms with van der Waals surface area (Å²) in [5.74, 6) is 0. The van der Waals surface area contributed by atoms with Crippen LogP contribution < -0.4 is 5.73 Å². The molecular weight excluding hydrogens is 186 g/mol. The van der Waals surface area contributed by atoms with Gasteiger partial charge in [0.25, 0.3) is 0 Å². The van der Waals surface area contributed by atoms with Crippen molar-refractivity contribution < 1.29 is 5.11 Å². The van der Waals surface area contributed by atoms with Crippen molar-refractivity contribution in [1.82, 2.24) is 0 Å². The molecule has 0 aliphatic rings.